The number of ether oxygens (including phenoxy) is 2. The Morgan fingerprint density at radius 2 is 2.17 bits per heavy atom. The molecule has 0 spiro atoms. The number of thioether (sulfide) groups is 1. The van der Waals surface area contributed by atoms with E-state index in [-0.39, 0.29) is 11.2 Å². The number of halogens is 1. The molecule has 0 aromatic heterocycles. The van der Waals surface area contributed by atoms with Gasteiger partial charge < -0.3 is 9.47 Å². The van der Waals surface area contributed by atoms with Crippen LogP contribution in [0.3, 0.4) is 0 Å². The van der Waals surface area contributed by atoms with Crippen molar-refractivity contribution in [3.05, 3.63) is 28.8 Å². The van der Waals surface area contributed by atoms with Gasteiger partial charge >= 0.3 is 5.97 Å². The molecule has 0 aliphatic rings. The molecular formula is C13H17ClO3S. The van der Waals surface area contributed by atoms with Crippen molar-refractivity contribution < 1.29 is 14.3 Å². The predicted molar refractivity (Wildman–Crippen MR) is 75.4 cm³/mol. The second-order valence-electron chi connectivity index (χ2n) is 3.86. The fraction of sp³-hybridized carbons (Fsp3) is 0.462. The number of esters is 1. The van der Waals surface area contributed by atoms with E-state index in [1.165, 1.54) is 7.11 Å². The number of hydrogen-bond donors (Lipinski definition) is 0. The lowest BCUT2D eigenvalue weighted by Crippen LogP contribution is -2.08. The molecule has 0 radical (unpaired) electrons. The molecule has 3 nitrogen and oxygen atoms in total. The highest BCUT2D eigenvalue weighted by Gasteiger charge is 2.11. The van der Waals surface area contributed by atoms with Crippen molar-refractivity contribution >= 4 is 29.3 Å². The highest BCUT2D eigenvalue weighted by atomic mass is 35.5. The minimum atomic E-state index is -0.187. The maximum atomic E-state index is 11.1. The van der Waals surface area contributed by atoms with E-state index in [0.717, 1.165) is 17.1 Å². The first-order valence-corrected chi connectivity index (χ1v) is 7.00. The van der Waals surface area contributed by atoms with Crippen LogP contribution in [0.25, 0.3) is 0 Å². The smallest absolute Gasteiger partial charge is 0.306 e. The van der Waals surface area contributed by atoms with Gasteiger partial charge in [0.2, 0.25) is 0 Å². The summed E-state index contributed by atoms with van der Waals surface area (Å²) >= 11 is 7.63. The largest absolute Gasteiger partial charge is 0.496 e. The second-order valence-corrected chi connectivity index (χ2v) is 5.72. The molecule has 100 valence electrons. The van der Waals surface area contributed by atoms with Crippen LogP contribution in [-0.4, -0.2) is 25.4 Å². The Morgan fingerprint density at radius 1 is 1.44 bits per heavy atom. The van der Waals surface area contributed by atoms with Crippen LogP contribution in [0.2, 0.25) is 5.02 Å². The van der Waals surface area contributed by atoms with Gasteiger partial charge in [-0.05, 0) is 18.2 Å². The number of methoxy groups -OCH3 is 2. The Bertz CT molecular complexity index is 409. The lowest BCUT2D eigenvalue weighted by Gasteiger charge is -2.12. The van der Waals surface area contributed by atoms with Crippen LogP contribution in [0.15, 0.2) is 18.2 Å². The molecular weight excluding hydrogens is 272 g/mol. The molecule has 0 bridgehead atoms. The summed E-state index contributed by atoms with van der Waals surface area (Å²) in [5.41, 5.74) is 1.03. The summed E-state index contributed by atoms with van der Waals surface area (Å²) in [6.07, 6.45) is 0.407. The Balaban J connectivity index is 2.57. The summed E-state index contributed by atoms with van der Waals surface area (Å²) in [6.45, 7) is 2.00. The van der Waals surface area contributed by atoms with E-state index < -0.39 is 0 Å². The number of hydrogen-bond acceptors (Lipinski definition) is 4. The Kier molecular flexibility index (Phi) is 6.36. The molecule has 0 saturated heterocycles. The van der Waals surface area contributed by atoms with Crippen molar-refractivity contribution in [3.63, 3.8) is 0 Å². The first-order valence-electron chi connectivity index (χ1n) is 5.57. The van der Waals surface area contributed by atoms with Gasteiger partial charge in [0.1, 0.15) is 5.75 Å². The van der Waals surface area contributed by atoms with Crippen LogP contribution in [0.5, 0.6) is 5.75 Å². The van der Waals surface area contributed by atoms with Gasteiger partial charge in [0.05, 0.1) is 20.6 Å². The maximum Gasteiger partial charge on any atom is 0.306 e. The van der Waals surface area contributed by atoms with Crippen molar-refractivity contribution in [2.75, 3.05) is 14.2 Å². The van der Waals surface area contributed by atoms with Crippen LogP contribution in [0.4, 0.5) is 0 Å². The molecule has 0 saturated carbocycles. The Hall–Kier alpha value is -0.870. The molecule has 0 N–H and O–H groups in total. The maximum absolute atomic E-state index is 11.1. The third-order valence-electron chi connectivity index (χ3n) is 2.45. The van der Waals surface area contributed by atoms with Gasteiger partial charge in [0.15, 0.2) is 0 Å². The third kappa shape index (κ3) is 4.78. The monoisotopic (exact) mass is 288 g/mol. The number of carbonyl (C=O) groups excluding carboxylic acids is 1. The Labute approximate surface area is 117 Å². The first-order chi connectivity index (χ1) is 8.56. The molecule has 0 aliphatic heterocycles. The number of carbonyl (C=O) groups is 1. The molecule has 1 aromatic rings. The van der Waals surface area contributed by atoms with E-state index in [1.54, 1.807) is 24.9 Å². The Morgan fingerprint density at radius 3 is 2.78 bits per heavy atom. The average Bonchev–Trinajstić information content (AvgIpc) is 2.36. The van der Waals surface area contributed by atoms with E-state index >= 15 is 0 Å². The van der Waals surface area contributed by atoms with Gasteiger partial charge in [0, 0.05) is 21.6 Å². The first kappa shape index (κ1) is 15.2. The highest BCUT2D eigenvalue weighted by Crippen LogP contribution is 2.28. The molecule has 1 rings (SSSR count). The lowest BCUT2D eigenvalue weighted by molar-refractivity contribution is -0.140. The predicted octanol–water partition coefficient (Wildman–Crippen LogP) is 3.53. The van der Waals surface area contributed by atoms with Gasteiger partial charge in [-0.2, -0.15) is 11.8 Å². The quantitative estimate of drug-likeness (QED) is 0.750. The van der Waals surface area contributed by atoms with E-state index in [0.29, 0.717) is 11.4 Å². The summed E-state index contributed by atoms with van der Waals surface area (Å²) in [5.74, 6) is 1.38. The van der Waals surface area contributed by atoms with Crippen molar-refractivity contribution in [1.82, 2.24) is 0 Å². The van der Waals surface area contributed by atoms with Gasteiger partial charge in [0.25, 0.3) is 0 Å². The SMILES string of the molecule is COC(=O)CC(C)SCc1cc(Cl)ccc1OC. The van der Waals surface area contributed by atoms with Crippen molar-refractivity contribution in [2.45, 2.75) is 24.3 Å². The fourth-order valence-corrected chi connectivity index (χ4v) is 2.61. The molecule has 0 fully saturated rings. The van der Waals surface area contributed by atoms with Gasteiger partial charge in [-0.15, -0.1) is 0 Å². The van der Waals surface area contributed by atoms with Crippen LogP contribution in [0.1, 0.15) is 18.9 Å². The van der Waals surface area contributed by atoms with Gasteiger partial charge in [-0.3, -0.25) is 4.79 Å². The van der Waals surface area contributed by atoms with Crippen molar-refractivity contribution in [1.29, 1.82) is 0 Å². The van der Waals surface area contributed by atoms with E-state index in [9.17, 15) is 4.79 Å². The lowest BCUT2D eigenvalue weighted by atomic mass is 10.2. The fourth-order valence-electron chi connectivity index (χ4n) is 1.47. The van der Waals surface area contributed by atoms with Crippen LogP contribution < -0.4 is 4.74 Å². The van der Waals surface area contributed by atoms with E-state index in [4.69, 9.17) is 16.3 Å². The van der Waals surface area contributed by atoms with Gasteiger partial charge in [-0.25, -0.2) is 0 Å². The standard InChI is InChI=1S/C13H17ClO3S/c1-9(6-13(15)17-3)18-8-10-7-11(14)4-5-12(10)16-2/h4-5,7,9H,6,8H2,1-3H3. The van der Waals surface area contributed by atoms with Crippen molar-refractivity contribution in [3.8, 4) is 5.75 Å². The molecule has 0 heterocycles. The zero-order chi connectivity index (χ0) is 13.5. The molecule has 0 aliphatic carbocycles. The van der Waals surface area contributed by atoms with Crippen LogP contribution in [0, 0.1) is 0 Å². The molecule has 18 heavy (non-hydrogen) atoms. The summed E-state index contributed by atoms with van der Waals surface area (Å²) < 4.78 is 9.91. The summed E-state index contributed by atoms with van der Waals surface area (Å²) in [4.78, 5) is 11.1. The minimum absolute atomic E-state index is 0.187. The zero-order valence-electron chi connectivity index (χ0n) is 10.7. The number of benzene rings is 1. The zero-order valence-corrected chi connectivity index (χ0v) is 12.3. The van der Waals surface area contributed by atoms with Crippen molar-refractivity contribution in [2.24, 2.45) is 0 Å². The minimum Gasteiger partial charge on any atom is -0.496 e. The summed E-state index contributed by atoms with van der Waals surface area (Å²) in [6, 6.07) is 5.54. The highest BCUT2D eigenvalue weighted by molar-refractivity contribution is 7.99. The topological polar surface area (TPSA) is 35.5 Å². The molecule has 1 atom stereocenters. The van der Waals surface area contributed by atoms with Crippen LogP contribution in [-0.2, 0) is 15.3 Å². The van der Waals surface area contributed by atoms with E-state index in [1.807, 2.05) is 19.1 Å². The average molecular weight is 289 g/mol. The summed E-state index contributed by atoms with van der Waals surface area (Å²) in [5, 5.41) is 0.883. The normalized spacial score (nSPS) is 12.0. The molecule has 0 amide bonds. The number of rotatable bonds is 6. The third-order valence-corrected chi connectivity index (χ3v) is 3.90. The molecule has 1 unspecified atom stereocenters. The van der Waals surface area contributed by atoms with Crippen LogP contribution >= 0.6 is 23.4 Å². The molecule has 5 heteroatoms. The second kappa shape index (κ2) is 7.54. The molecule has 1 aromatic carbocycles. The summed E-state index contributed by atoms with van der Waals surface area (Å²) in [7, 11) is 3.04. The van der Waals surface area contributed by atoms with E-state index in [2.05, 4.69) is 4.74 Å². The van der Waals surface area contributed by atoms with Gasteiger partial charge in [-0.1, -0.05) is 18.5 Å².